The molecule has 1 aromatic carbocycles. The van der Waals surface area contributed by atoms with Crippen LogP contribution in [-0.2, 0) is 14.6 Å². The number of amides is 1. The second-order valence-electron chi connectivity index (χ2n) is 5.92. The van der Waals surface area contributed by atoms with E-state index < -0.39 is 9.84 Å². The van der Waals surface area contributed by atoms with Gasteiger partial charge in [-0.05, 0) is 24.3 Å². The Hall–Kier alpha value is -2.68. The maximum absolute atomic E-state index is 11.5. The van der Waals surface area contributed by atoms with E-state index >= 15 is 0 Å². The molecule has 0 fully saturated rings. The van der Waals surface area contributed by atoms with Crippen molar-refractivity contribution in [1.82, 2.24) is 14.9 Å². The number of anilines is 1. The van der Waals surface area contributed by atoms with Crippen molar-refractivity contribution in [3.8, 4) is 11.6 Å². The highest BCUT2D eigenvalue weighted by Gasteiger charge is 2.10. The zero-order valence-electron chi connectivity index (χ0n) is 15.2. The molecule has 0 aliphatic carbocycles. The van der Waals surface area contributed by atoms with Crippen molar-refractivity contribution in [2.75, 3.05) is 38.3 Å². The summed E-state index contributed by atoms with van der Waals surface area (Å²) < 4.78 is 28.6. The standard InChI is InChI=1S/C17H22N4O4S/c1-13(22)20(2)9-10-21(3)16-11-18-12-17(19-16)25-14-5-7-15(8-6-14)26(4,23)24/h5-8,11-12H,9-10H2,1-4H3. The van der Waals surface area contributed by atoms with Crippen LogP contribution in [0.4, 0.5) is 5.82 Å². The summed E-state index contributed by atoms with van der Waals surface area (Å²) in [6.07, 6.45) is 4.23. The van der Waals surface area contributed by atoms with Gasteiger partial charge in [-0.15, -0.1) is 0 Å². The molecule has 2 rings (SSSR count). The van der Waals surface area contributed by atoms with Crippen molar-refractivity contribution in [2.24, 2.45) is 0 Å². The Morgan fingerprint density at radius 3 is 2.35 bits per heavy atom. The average molecular weight is 378 g/mol. The van der Waals surface area contributed by atoms with Gasteiger partial charge in [-0.2, -0.15) is 4.98 Å². The molecular formula is C17H22N4O4S. The third kappa shape index (κ3) is 5.41. The minimum absolute atomic E-state index is 0.000825. The minimum Gasteiger partial charge on any atom is -0.437 e. The second kappa shape index (κ2) is 8.13. The van der Waals surface area contributed by atoms with Crippen LogP contribution in [0.3, 0.4) is 0 Å². The Bertz CT molecular complexity index is 869. The molecule has 0 N–H and O–H groups in total. The molecule has 0 unspecified atom stereocenters. The summed E-state index contributed by atoms with van der Waals surface area (Å²) >= 11 is 0. The fraction of sp³-hybridized carbons (Fsp3) is 0.353. The van der Waals surface area contributed by atoms with E-state index in [1.165, 1.54) is 25.3 Å². The first-order chi connectivity index (χ1) is 12.2. The monoisotopic (exact) mass is 378 g/mol. The van der Waals surface area contributed by atoms with Crippen LogP contribution in [0.15, 0.2) is 41.6 Å². The van der Waals surface area contributed by atoms with E-state index in [-0.39, 0.29) is 10.8 Å². The summed E-state index contributed by atoms with van der Waals surface area (Å²) in [7, 11) is 0.339. The summed E-state index contributed by atoms with van der Waals surface area (Å²) in [5.41, 5.74) is 0. The van der Waals surface area contributed by atoms with Crippen molar-refractivity contribution in [3.63, 3.8) is 0 Å². The summed E-state index contributed by atoms with van der Waals surface area (Å²) in [5, 5.41) is 0. The number of aromatic nitrogens is 2. The fourth-order valence-corrected chi connectivity index (χ4v) is 2.65. The number of hydrogen-bond acceptors (Lipinski definition) is 7. The molecule has 0 spiro atoms. The van der Waals surface area contributed by atoms with Crippen LogP contribution in [0.1, 0.15) is 6.92 Å². The molecule has 0 bridgehead atoms. The lowest BCUT2D eigenvalue weighted by molar-refractivity contribution is -0.127. The van der Waals surface area contributed by atoms with Crippen LogP contribution < -0.4 is 9.64 Å². The van der Waals surface area contributed by atoms with Gasteiger partial charge in [0.1, 0.15) is 5.75 Å². The van der Waals surface area contributed by atoms with E-state index in [4.69, 9.17) is 4.74 Å². The average Bonchev–Trinajstić information content (AvgIpc) is 2.59. The van der Waals surface area contributed by atoms with E-state index in [0.29, 0.717) is 30.5 Å². The third-order valence-electron chi connectivity index (χ3n) is 3.77. The highest BCUT2D eigenvalue weighted by atomic mass is 32.2. The Morgan fingerprint density at radius 1 is 1.12 bits per heavy atom. The Labute approximate surface area is 153 Å². The third-order valence-corrected chi connectivity index (χ3v) is 4.90. The van der Waals surface area contributed by atoms with Crippen LogP contribution in [0.5, 0.6) is 11.6 Å². The Balaban J connectivity index is 2.05. The first-order valence-corrected chi connectivity index (χ1v) is 9.79. The van der Waals surface area contributed by atoms with Gasteiger partial charge in [0, 0.05) is 40.4 Å². The number of hydrogen-bond donors (Lipinski definition) is 0. The van der Waals surface area contributed by atoms with Crippen molar-refractivity contribution >= 4 is 21.6 Å². The summed E-state index contributed by atoms with van der Waals surface area (Å²) in [6, 6.07) is 6.09. The van der Waals surface area contributed by atoms with E-state index in [2.05, 4.69) is 9.97 Å². The first-order valence-electron chi connectivity index (χ1n) is 7.89. The van der Waals surface area contributed by atoms with Crippen LogP contribution in [-0.4, -0.2) is 62.6 Å². The number of benzene rings is 1. The second-order valence-corrected chi connectivity index (χ2v) is 7.94. The fourth-order valence-electron chi connectivity index (χ4n) is 2.02. The van der Waals surface area contributed by atoms with Crippen LogP contribution in [0.2, 0.25) is 0 Å². The smallest absolute Gasteiger partial charge is 0.239 e. The summed E-state index contributed by atoms with van der Waals surface area (Å²) in [5.74, 6) is 1.36. The molecule has 0 radical (unpaired) electrons. The number of carbonyl (C=O) groups excluding carboxylic acids is 1. The number of carbonyl (C=O) groups is 1. The van der Waals surface area contributed by atoms with Gasteiger partial charge in [0.05, 0.1) is 17.3 Å². The maximum Gasteiger partial charge on any atom is 0.239 e. The normalized spacial score (nSPS) is 11.1. The predicted octanol–water partition coefficient (Wildman–Crippen LogP) is 1.59. The molecule has 0 atom stereocenters. The van der Waals surface area contributed by atoms with E-state index in [9.17, 15) is 13.2 Å². The van der Waals surface area contributed by atoms with Gasteiger partial charge < -0.3 is 14.5 Å². The molecule has 2 aromatic rings. The maximum atomic E-state index is 11.5. The summed E-state index contributed by atoms with van der Waals surface area (Å²) in [6.45, 7) is 2.67. The number of ether oxygens (including phenoxy) is 1. The molecule has 1 amide bonds. The molecule has 9 heteroatoms. The van der Waals surface area contributed by atoms with E-state index in [1.807, 2.05) is 11.9 Å². The molecule has 1 aromatic heterocycles. The number of likely N-dealkylation sites (N-methyl/N-ethyl adjacent to an activating group) is 2. The van der Waals surface area contributed by atoms with Crippen molar-refractivity contribution in [3.05, 3.63) is 36.7 Å². The van der Waals surface area contributed by atoms with Gasteiger partial charge in [0.15, 0.2) is 15.7 Å². The largest absolute Gasteiger partial charge is 0.437 e. The van der Waals surface area contributed by atoms with Gasteiger partial charge in [0.2, 0.25) is 11.8 Å². The molecule has 8 nitrogen and oxygen atoms in total. The van der Waals surface area contributed by atoms with Gasteiger partial charge in [-0.25, -0.2) is 8.42 Å². The highest BCUT2D eigenvalue weighted by Crippen LogP contribution is 2.22. The van der Waals surface area contributed by atoms with Crippen molar-refractivity contribution in [2.45, 2.75) is 11.8 Å². The predicted molar refractivity (Wildman–Crippen MR) is 98.2 cm³/mol. The topological polar surface area (TPSA) is 92.7 Å². The molecule has 26 heavy (non-hydrogen) atoms. The van der Waals surface area contributed by atoms with Crippen LogP contribution in [0, 0.1) is 0 Å². The van der Waals surface area contributed by atoms with Gasteiger partial charge >= 0.3 is 0 Å². The van der Waals surface area contributed by atoms with Crippen LogP contribution in [0.25, 0.3) is 0 Å². The summed E-state index contributed by atoms with van der Waals surface area (Å²) in [4.78, 5) is 23.5. The Kier molecular flexibility index (Phi) is 6.14. The quantitative estimate of drug-likeness (QED) is 0.722. The molecule has 0 aliphatic rings. The van der Waals surface area contributed by atoms with Gasteiger partial charge in [-0.1, -0.05) is 0 Å². The zero-order valence-corrected chi connectivity index (χ0v) is 16.0. The molecule has 0 aliphatic heterocycles. The molecule has 0 saturated carbocycles. The number of rotatable bonds is 7. The van der Waals surface area contributed by atoms with Crippen LogP contribution >= 0.6 is 0 Å². The lowest BCUT2D eigenvalue weighted by atomic mass is 10.3. The SMILES string of the molecule is CC(=O)N(C)CCN(C)c1cncc(Oc2ccc(S(C)(=O)=O)cc2)n1. The molecule has 0 saturated heterocycles. The Morgan fingerprint density at radius 2 is 1.77 bits per heavy atom. The van der Waals surface area contributed by atoms with E-state index in [1.54, 1.807) is 30.3 Å². The number of sulfone groups is 1. The van der Waals surface area contributed by atoms with E-state index in [0.717, 1.165) is 6.26 Å². The lowest BCUT2D eigenvalue weighted by Gasteiger charge is -2.22. The zero-order chi connectivity index (χ0) is 19.3. The molecule has 1 heterocycles. The van der Waals surface area contributed by atoms with Crippen molar-refractivity contribution < 1.29 is 17.9 Å². The molecule has 140 valence electrons. The highest BCUT2D eigenvalue weighted by molar-refractivity contribution is 7.90. The number of nitrogens with zero attached hydrogens (tertiary/aromatic N) is 4. The molecular weight excluding hydrogens is 356 g/mol. The van der Waals surface area contributed by atoms with Gasteiger partial charge in [-0.3, -0.25) is 9.78 Å². The first kappa shape index (κ1) is 19.6. The van der Waals surface area contributed by atoms with Crippen molar-refractivity contribution in [1.29, 1.82) is 0 Å². The minimum atomic E-state index is -3.25. The van der Waals surface area contributed by atoms with Gasteiger partial charge in [0.25, 0.3) is 0 Å². The lowest BCUT2D eigenvalue weighted by Crippen LogP contribution is -2.33.